The summed E-state index contributed by atoms with van der Waals surface area (Å²) in [6, 6.07) is 19.6. The summed E-state index contributed by atoms with van der Waals surface area (Å²) < 4.78 is 0. The van der Waals surface area contributed by atoms with Crippen molar-refractivity contribution in [2.24, 2.45) is 5.92 Å². The van der Waals surface area contributed by atoms with Gasteiger partial charge in [-0.2, -0.15) is 0 Å². The molecule has 0 aromatic heterocycles. The van der Waals surface area contributed by atoms with Crippen LogP contribution in [0.2, 0.25) is 0 Å². The normalized spacial score (nSPS) is 19.5. The van der Waals surface area contributed by atoms with Gasteiger partial charge < -0.3 is 10.2 Å². The van der Waals surface area contributed by atoms with Gasteiger partial charge in [-0.15, -0.1) is 0 Å². The average Bonchev–Trinajstić information content (AvgIpc) is 3.34. The van der Waals surface area contributed by atoms with E-state index < -0.39 is 0 Å². The first-order valence-corrected chi connectivity index (χ1v) is 10.0. The number of nitrogens with one attached hydrogen (secondary N) is 1. The van der Waals surface area contributed by atoms with E-state index in [0.717, 1.165) is 38.9 Å². The monoisotopic (exact) mass is 363 g/mol. The molecule has 2 aliphatic rings. The molecule has 0 bridgehead atoms. The molecule has 4 rings (SSSR count). The Morgan fingerprint density at radius 3 is 2.44 bits per heavy atom. The predicted octanol–water partition coefficient (Wildman–Crippen LogP) is 2.73. The van der Waals surface area contributed by atoms with Gasteiger partial charge in [-0.3, -0.25) is 9.69 Å². The molecule has 1 fully saturated rings. The summed E-state index contributed by atoms with van der Waals surface area (Å²) in [6.45, 7) is 3.36. The second kappa shape index (κ2) is 8.13. The van der Waals surface area contributed by atoms with Gasteiger partial charge in [0.1, 0.15) is 0 Å². The fourth-order valence-corrected chi connectivity index (χ4v) is 4.39. The lowest BCUT2D eigenvalue weighted by molar-refractivity contribution is -0.122. The summed E-state index contributed by atoms with van der Waals surface area (Å²) in [4.78, 5) is 17.0. The first-order chi connectivity index (χ1) is 13.2. The van der Waals surface area contributed by atoms with E-state index in [1.807, 2.05) is 0 Å². The molecule has 1 aliphatic carbocycles. The van der Waals surface area contributed by atoms with Gasteiger partial charge in [0.25, 0.3) is 0 Å². The van der Waals surface area contributed by atoms with Crippen LogP contribution in [-0.2, 0) is 17.6 Å². The maximum absolute atomic E-state index is 12.4. The maximum Gasteiger partial charge on any atom is 0.234 e. The zero-order chi connectivity index (χ0) is 18.6. The summed E-state index contributed by atoms with van der Waals surface area (Å²) in [7, 11) is 2.07. The van der Waals surface area contributed by atoms with Crippen molar-refractivity contribution >= 4 is 11.6 Å². The minimum Gasteiger partial charge on any atom is -0.371 e. The number of amides is 1. The Morgan fingerprint density at radius 2 is 1.74 bits per heavy atom. The molecule has 1 saturated heterocycles. The third-order valence-electron chi connectivity index (χ3n) is 6.04. The molecule has 1 heterocycles. The number of anilines is 1. The fraction of sp³-hybridized carbons (Fsp3) is 0.435. The minimum absolute atomic E-state index is 0.145. The summed E-state index contributed by atoms with van der Waals surface area (Å²) >= 11 is 0. The van der Waals surface area contributed by atoms with Crippen molar-refractivity contribution in [3.8, 4) is 0 Å². The predicted molar refractivity (Wildman–Crippen MR) is 110 cm³/mol. The lowest BCUT2D eigenvalue weighted by Crippen LogP contribution is -2.42. The average molecular weight is 364 g/mol. The summed E-state index contributed by atoms with van der Waals surface area (Å²) in [5.41, 5.74) is 4.15. The molecule has 4 nitrogen and oxygen atoms in total. The molecule has 1 amide bonds. The van der Waals surface area contributed by atoms with Gasteiger partial charge in [0, 0.05) is 31.4 Å². The molecule has 0 saturated carbocycles. The van der Waals surface area contributed by atoms with Crippen molar-refractivity contribution in [1.29, 1.82) is 0 Å². The molecule has 1 aliphatic heterocycles. The highest BCUT2D eigenvalue weighted by Gasteiger charge is 2.26. The topological polar surface area (TPSA) is 35.6 Å². The van der Waals surface area contributed by atoms with E-state index in [2.05, 4.69) is 76.8 Å². The van der Waals surface area contributed by atoms with Crippen LogP contribution in [0.4, 0.5) is 5.69 Å². The molecule has 2 aromatic carbocycles. The summed E-state index contributed by atoms with van der Waals surface area (Å²) in [5.74, 6) is 0.682. The van der Waals surface area contributed by atoms with Crippen LogP contribution in [0.5, 0.6) is 0 Å². The van der Waals surface area contributed by atoms with Crippen molar-refractivity contribution in [1.82, 2.24) is 10.2 Å². The molecule has 1 N–H and O–H groups in total. The maximum atomic E-state index is 12.4. The highest BCUT2D eigenvalue weighted by molar-refractivity contribution is 5.78. The van der Waals surface area contributed by atoms with Crippen LogP contribution in [-0.4, -0.2) is 50.1 Å². The van der Waals surface area contributed by atoms with Gasteiger partial charge in [0.15, 0.2) is 0 Å². The quantitative estimate of drug-likeness (QED) is 0.857. The molecular weight excluding hydrogens is 334 g/mol. The van der Waals surface area contributed by atoms with Crippen molar-refractivity contribution in [3.63, 3.8) is 0 Å². The third-order valence-corrected chi connectivity index (χ3v) is 6.04. The van der Waals surface area contributed by atoms with Crippen molar-refractivity contribution < 1.29 is 4.79 Å². The number of hydrogen-bond donors (Lipinski definition) is 1. The Labute approximate surface area is 162 Å². The van der Waals surface area contributed by atoms with E-state index in [1.165, 1.54) is 16.8 Å². The number of carbonyl (C=O) groups is 1. The Morgan fingerprint density at radius 1 is 1.07 bits per heavy atom. The second-order valence-electron chi connectivity index (χ2n) is 7.99. The van der Waals surface area contributed by atoms with E-state index in [-0.39, 0.29) is 5.91 Å². The lowest BCUT2D eigenvalue weighted by Gasteiger charge is -2.24. The van der Waals surface area contributed by atoms with E-state index in [4.69, 9.17) is 0 Å². The SMILES string of the molecule is CN(CC(=O)NC[C@@H]1CCN(c2ccccc2)C1)C1Cc2ccccc2C1. The Kier molecular flexibility index (Phi) is 5.44. The second-order valence-corrected chi connectivity index (χ2v) is 7.99. The molecule has 27 heavy (non-hydrogen) atoms. The lowest BCUT2D eigenvalue weighted by atomic mass is 10.1. The van der Waals surface area contributed by atoms with Gasteiger partial charge >= 0.3 is 0 Å². The number of rotatable bonds is 6. The van der Waals surface area contributed by atoms with Crippen LogP contribution in [0.3, 0.4) is 0 Å². The van der Waals surface area contributed by atoms with Gasteiger partial charge in [0.05, 0.1) is 6.54 Å². The van der Waals surface area contributed by atoms with E-state index >= 15 is 0 Å². The third kappa shape index (κ3) is 4.33. The number of benzene rings is 2. The van der Waals surface area contributed by atoms with Crippen LogP contribution >= 0.6 is 0 Å². The van der Waals surface area contributed by atoms with Crippen molar-refractivity contribution in [2.75, 3.05) is 38.1 Å². The highest BCUT2D eigenvalue weighted by atomic mass is 16.2. The van der Waals surface area contributed by atoms with E-state index in [0.29, 0.717) is 18.5 Å². The van der Waals surface area contributed by atoms with Crippen LogP contribution in [0.1, 0.15) is 17.5 Å². The fourth-order valence-electron chi connectivity index (χ4n) is 4.39. The van der Waals surface area contributed by atoms with E-state index in [9.17, 15) is 4.79 Å². The van der Waals surface area contributed by atoms with Crippen molar-refractivity contribution in [2.45, 2.75) is 25.3 Å². The Balaban J connectivity index is 1.20. The van der Waals surface area contributed by atoms with Gasteiger partial charge in [-0.05, 0) is 55.5 Å². The Hall–Kier alpha value is -2.33. The summed E-state index contributed by atoms with van der Waals surface area (Å²) in [5, 5.41) is 3.16. The zero-order valence-corrected chi connectivity index (χ0v) is 16.1. The largest absolute Gasteiger partial charge is 0.371 e. The van der Waals surface area contributed by atoms with E-state index in [1.54, 1.807) is 0 Å². The molecule has 4 heteroatoms. The number of para-hydroxylation sites is 1. The van der Waals surface area contributed by atoms with Gasteiger partial charge in [-0.1, -0.05) is 42.5 Å². The number of nitrogens with zero attached hydrogens (tertiary/aromatic N) is 2. The molecule has 2 aromatic rings. The highest BCUT2D eigenvalue weighted by Crippen LogP contribution is 2.25. The van der Waals surface area contributed by atoms with Crippen LogP contribution < -0.4 is 10.2 Å². The van der Waals surface area contributed by atoms with Crippen LogP contribution in [0.25, 0.3) is 0 Å². The van der Waals surface area contributed by atoms with Gasteiger partial charge in [0.2, 0.25) is 5.91 Å². The van der Waals surface area contributed by atoms with Gasteiger partial charge in [-0.25, -0.2) is 0 Å². The Bertz CT molecular complexity index is 751. The first kappa shape index (κ1) is 18.1. The van der Waals surface area contributed by atoms with Crippen LogP contribution in [0.15, 0.2) is 54.6 Å². The summed E-state index contributed by atoms with van der Waals surface area (Å²) in [6.07, 6.45) is 3.24. The molecule has 142 valence electrons. The number of likely N-dealkylation sites (N-methyl/N-ethyl adjacent to an activating group) is 1. The zero-order valence-electron chi connectivity index (χ0n) is 16.1. The number of fused-ring (bicyclic) bond motifs is 1. The molecule has 1 atom stereocenters. The van der Waals surface area contributed by atoms with Crippen LogP contribution in [0, 0.1) is 5.92 Å². The smallest absolute Gasteiger partial charge is 0.234 e. The molecule has 0 spiro atoms. The molecule has 0 unspecified atom stereocenters. The number of hydrogen-bond acceptors (Lipinski definition) is 3. The number of carbonyl (C=O) groups excluding carboxylic acids is 1. The molecular formula is C23H29N3O. The molecule has 0 radical (unpaired) electrons. The first-order valence-electron chi connectivity index (χ1n) is 10.0. The minimum atomic E-state index is 0.145. The van der Waals surface area contributed by atoms with Crippen molar-refractivity contribution in [3.05, 3.63) is 65.7 Å². The standard InChI is InChI=1S/C23H29N3O/c1-25(22-13-19-7-5-6-8-20(19)14-22)17-23(27)24-15-18-11-12-26(16-18)21-9-3-2-4-10-21/h2-10,18,22H,11-17H2,1H3,(H,24,27)/t18-/m0/s1.